The summed E-state index contributed by atoms with van der Waals surface area (Å²) in [6.45, 7) is 2.35. The lowest BCUT2D eigenvalue weighted by Gasteiger charge is -2.29. The Morgan fingerprint density at radius 3 is 2.37 bits per heavy atom. The summed E-state index contributed by atoms with van der Waals surface area (Å²) in [4.78, 5) is 16.9. The van der Waals surface area contributed by atoms with Crippen molar-refractivity contribution in [3.05, 3.63) is 65.2 Å². The van der Waals surface area contributed by atoms with Crippen molar-refractivity contribution < 1.29 is 13.2 Å². The summed E-state index contributed by atoms with van der Waals surface area (Å²) in [6.07, 6.45) is 0.496. The van der Waals surface area contributed by atoms with Gasteiger partial charge in [0.25, 0.3) is 5.91 Å². The normalized spacial score (nSPS) is 18.3. The Labute approximate surface area is 161 Å². The minimum atomic E-state index is -3.08. The Hall–Kier alpha value is -2.34. The molecule has 0 aliphatic carbocycles. The first-order chi connectivity index (χ1) is 12.7. The molecule has 5 nitrogen and oxygen atoms in total. The number of hydrogen-bond acceptors (Lipinski definition) is 4. The summed E-state index contributed by atoms with van der Waals surface area (Å²) in [5.41, 5.74) is 3.68. The molecule has 0 aromatic heterocycles. The van der Waals surface area contributed by atoms with Gasteiger partial charge in [-0.05, 0) is 43.2 Å². The van der Waals surface area contributed by atoms with Gasteiger partial charge >= 0.3 is 0 Å². The topological polar surface area (TPSA) is 57.7 Å². The maximum Gasteiger partial charge on any atom is 0.254 e. The van der Waals surface area contributed by atoms with Gasteiger partial charge in [0.05, 0.1) is 11.5 Å². The number of sulfone groups is 1. The minimum Gasteiger partial charge on any atom is -0.378 e. The van der Waals surface area contributed by atoms with E-state index in [1.807, 2.05) is 68.4 Å². The molecule has 2 aromatic rings. The molecule has 0 N–H and O–H groups in total. The van der Waals surface area contributed by atoms with Crippen LogP contribution in [-0.2, 0) is 16.4 Å². The second kappa shape index (κ2) is 7.72. The molecule has 0 radical (unpaired) electrons. The first kappa shape index (κ1) is 19.4. The number of carbonyl (C=O) groups excluding carboxylic acids is 1. The van der Waals surface area contributed by atoms with E-state index in [1.165, 1.54) is 0 Å². The minimum absolute atomic E-state index is 0.0420. The molecule has 1 aliphatic rings. The number of hydrogen-bond donors (Lipinski definition) is 0. The fraction of sp³-hybridized carbons (Fsp3) is 0.381. The molecule has 0 spiro atoms. The second-order valence-electron chi connectivity index (χ2n) is 7.42. The second-order valence-corrected chi connectivity index (χ2v) is 9.65. The predicted octanol–water partition coefficient (Wildman–Crippen LogP) is 2.89. The zero-order chi connectivity index (χ0) is 19.6. The number of nitrogens with zero attached hydrogens (tertiary/aromatic N) is 2. The van der Waals surface area contributed by atoms with Crippen LogP contribution in [0, 0.1) is 6.92 Å². The summed E-state index contributed by atoms with van der Waals surface area (Å²) >= 11 is 0. The molecule has 1 atom stereocenters. The van der Waals surface area contributed by atoms with E-state index in [9.17, 15) is 13.2 Å². The number of benzene rings is 2. The quantitative estimate of drug-likeness (QED) is 0.793. The van der Waals surface area contributed by atoms with E-state index in [0.29, 0.717) is 18.5 Å². The van der Waals surface area contributed by atoms with Crippen molar-refractivity contribution >= 4 is 21.4 Å². The number of carbonyl (C=O) groups is 1. The van der Waals surface area contributed by atoms with Crippen molar-refractivity contribution in [1.82, 2.24) is 4.90 Å². The van der Waals surface area contributed by atoms with Gasteiger partial charge in [-0.25, -0.2) is 8.42 Å². The summed E-state index contributed by atoms with van der Waals surface area (Å²) in [6, 6.07) is 15.2. The van der Waals surface area contributed by atoms with Gasteiger partial charge in [0.15, 0.2) is 9.84 Å². The molecule has 1 unspecified atom stereocenters. The number of aryl methyl sites for hydroxylation is 1. The largest absolute Gasteiger partial charge is 0.378 e. The van der Waals surface area contributed by atoms with Crippen LogP contribution in [0.5, 0.6) is 0 Å². The van der Waals surface area contributed by atoms with E-state index in [0.717, 1.165) is 16.8 Å². The molecule has 1 heterocycles. The maximum absolute atomic E-state index is 13.2. The first-order valence-corrected chi connectivity index (χ1v) is 10.9. The lowest BCUT2D eigenvalue weighted by Crippen LogP contribution is -2.40. The number of anilines is 1. The Balaban J connectivity index is 1.89. The van der Waals surface area contributed by atoms with E-state index in [2.05, 4.69) is 0 Å². The number of amides is 1. The standard InChI is InChI=1S/C21H26N2O3S/c1-16-5-4-6-18(13-16)21(24)23(20-11-12-27(25,26)15-20)14-17-7-9-19(10-8-17)22(2)3/h4-10,13,20H,11-12,14-15H2,1-3H3. The summed E-state index contributed by atoms with van der Waals surface area (Å²) in [7, 11) is 0.881. The van der Waals surface area contributed by atoms with Crippen molar-refractivity contribution in [3.63, 3.8) is 0 Å². The molecular formula is C21H26N2O3S. The zero-order valence-corrected chi connectivity index (χ0v) is 16.9. The molecule has 0 saturated carbocycles. The smallest absolute Gasteiger partial charge is 0.254 e. The highest BCUT2D eigenvalue weighted by Gasteiger charge is 2.35. The highest BCUT2D eigenvalue weighted by atomic mass is 32.2. The molecule has 0 bridgehead atoms. The van der Waals surface area contributed by atoms with E-state index < -0.39 is 9.84 Å². The molecular weight excluding hydrogens is 360 g/mol. The highest BCUT2D eigenvalue weighted by molar-refractivity contribution is 7.91. The van der Waals surface area contributed by atoms with Crippen molar-refractivity contribution in [2.45, 2.75) is 25.9 Å². The maximum atomic E-state index is 13.2. The molecule has 2 aromatic carbocycles. The third-order valence-corrected chi connectivity index (χ3v) is 6.73. The fourth-order valence-electron chi connectivity index (χ4n) is 3.43. The Morgan fingerprint density at radius 1 is 1.11 bits per heavy atom. The average Bonchev–Trinajstić information content (AvgIpc) is 2.99. The summed E-state index contributed by atoms with van der Waals surface area (Å²) < 4.78 is 24.0. The van der Waals surface area contributed by atoms with Crippen LogP contribution >= 0.6 is 0 Å². The van der Waals surface area contributed by atoms with Gasteiger partial charge in [-0.2, -0.15) is 0 Å². The van der Waals surface area contributed by atoms with E-state index in [4.69, 9.17) is 0 Å². The zero-order valence-electron chi connectivity index (χ0n) is 16.1. The average molecular weight is 387 g/mol. The SMILES string of the molecule is Cc1cccc(C(=O)N(Cc2ccc(N(C)C)cc2)C2CCS(=O)(=O)C2)c1. The van der Waals surface area contributed by atoms with Gasteiger partial charge in [0.2, 0.25) is 0 Å². The molecule has 6 heteroatoms. The third kappa shape index (κ3) is 4.69. The van der Waals surface area contributed by atoms with Gasteiger partial charge < -0.3 is 9.80 Å². The lowest BCUT2D eigenvalue weighted by atomic mass is 10.1. The first-order valence-electron chi connectivity index (χ1n) is 9.09. The van der Waals surface area contributed by atoms with Crippen molar-refractivity contribution in [1.29, 1.82) is 0 Å². The van der Waals surface area contributed by atoms with Crippen LogP contribution in [0.1, 0.15) is 27.9 Å². The molecule has 144 valence electrons. The van der Waals surface area contributed by atoms with Crippen LogP contribution in [-0.4, -0.2) is 50.9 Å². The van der Waals surface area contributed by atoms with Crippen LogP contribution in [0.15, 0.2) is 48.5 Å². The molecule has 1 fully saturated rings. The summed E-state index contributed by atoms with van der Waals surface area (Å²) in [5, 5.41) is 0. The van der Waals surface area contributed by atoms with E-state index >= 15 is 0 Å². The van der Waals surface area contributed by atoms with Crippen LogP contribution in [0.4, 0.5) is 5.69 Å². The van der Waals surface area contributed by atoms with Gasteiger partial charge in [0, 0.05) is 37.9 Å². The van der Waals surface area contributed by atoms with Gasteiger partial charge in [-0.3, -0.25) is 4.79 Å². The monoisotopic (exact) mass is 386 g/mol. The molecule has 1 saturated heterocycles. The highest BCUT2D eigenvalue weighted by Crippen LogP contribution is 2.23. The van der Waals surface area contributed by atoms with E-state index in [1.54, 1.807) is 11.0 Å². The van der Waals surface area contributed by atoms with Crippen molar-refractivity contribution in [3.8, 4) is 0 Å². The molecule has 1 amide bonds. The van der Waals surface area contributed by atoms with Gasteiger partial charge in [-0.1, -0.05) is 29.8 Å². The van der Waals surface area contributed by atoms with Crippen molar-refractivity contribution in [2.75, 3.05) is 30.5 Å². The van der Waals surface area contributed by atoms with Crippen molar-refractivity contribution in [2.24, 2.45) is 0 Å². The fourth-order valence-corrected chi connectivity index (χ4v) is 5.16. The Bertz CT molecular complexity index is 921. The van der Waals surface area contributed by atoms with Crippen LogP contribution < -0.4 is 4.90 Å². The Kier molecular flexibility index (Phi) is 5.56. The molecule has 3 rings (SSSR count). The lowest BCUT2D eigenvalue weighted by molar-refractivity contribution is 0.0681. The van der Waals surface area contributed by atoms with Gasteiger partial charge in [0.1, 0.15) is 0 Å². The predicted molar refractivity (Wildman–Crippen MR) is 109 cm³/mol. The van der Waals surface area contributed by atoms with Crippen LogP contribution in [0.3, 0.4) is 0 Å². The number of rotatable bonds is 5. The van der Waals surface area contributed by atoms with Crippen LogP contribution in [0.2, 0.25) is 0 Å². The van der Waals surface area contributed by atoms with Crippen LogP contribution in [0.25, 0.3) is 0 Å². The third-order valence-electron chi connectivity index (χ3n) is 4.98. The van der Waals surface area contributed by atoms with E-state index in [-0.39, 0.29) is 23.5 Å². The van der Waals surface area contributed by atoms with Gasteiger partial charge in [-0.15, -0.1) is 0 Å². The Morgan fingerprint density at radius 2 is 1.81 bits per heavy atom. The summed E-state index contributed by atoms with van der Waals surface area (Å²) in [5.74, 6) is 0.0762. The molecule has 1 aliphatic heterocycles. The molecule has 27 heavy (non-hydrogen) atoms.